The molecule has 0 aromatic carbocycles. The molecular weight excluding hydrogens is 304 g/mol. The molecule has 1 saturated heterocycles. The Balaban J connectivity index is 1.81. The summed E-state index contributed by atoms with van der Waals surface area (Å²) in [7, 11) is 0. The second kappa shape index (κ2) is 6.71. The maximum absolute atomic E-state index is 11.9. The van der Waals surface area contributed by atoms with Crippen LogP contribution in [0.3, 0.4) is 0 Å². The minimum Gasteiger partial charge on any atom is -0.379 e. The van der Waals surface area contributed by atoms with Crippen molar-refractivity contribution < 1.29 is 0 Å². The first-order valence-corrected chi connectivity index (χ1v) is 8.02. The zero-order valence-corrected chi connectivity index (χ0v) is 13.8. The molecule has 7 heteroatoms. The van der Waals surface area contributed by atoms with Crippen molar-refractivity contribution in [2.75, 3.05) is 23.3 Å². The quantitative estimate of drug-likeness (QED) is 0.892. The Kier molecular flexibility index (Phi) is 4.47. The van der Waals surface area contributed by atoms with Gasteiger partial charge in [-0.2, -0.15) is 5.26 Å². The van der Waals surface area contributed by atoms with Crippen LogP contribution in [0.1, 0.15) is 29.8 Å². The molecule has 0 saturated carbocycles. The molecule has 0 aliphatic carbocycles. The van der Waals surface area contributed by atoms with E-state index in [-0.39, 0.29) is 11.6 Å². The molecule has 3 rings (SSSR count). The molecule has 2 aromatic rings. The standard InChI is InChI=1S/C17H20N6O/c1-11-8-15(14(9-18)12(2)21-11)22-13-4-3-7-23(10-13)16-17(24)20-6-5-19-16/h5-6,8,13H,3-4,7,10H2,1-2H3,(H,20,24)(H,21,22)/t13-/m1/s1. The molecule has 1 aliphatic heterocycles. The van der Waals surface area contributed by atoms with E-state index in [0.717, 1.165) is 36.5 Å². The molecule has 7 nitrogen and oxygen atoms in total. The lowest BCUT2D eigenvalue weighted by atomic mass is 10.0. The minimum absolute atomic E-state index is 0.147. The van der Waals surface area contributed by atoms with Crippen molar-refractivity contribution in [2.45, 2.75) is 32.7 Å². The van der Waals surface area contributed by atoms with Gasteiger partial charge in [-0.3, -0.25) is 9.78 Å². The van der Waals surface area contributed by atoms with Crippen LogP contribution in [0, 0.1) is 25.2 Å². The van der Waals surface area contributed by atoms with E-state index in [1.807, 2.05) is 24.8 Å². The summed E-state index contributed by atoms with van der Waals surface area (Å²) < 4.78 is 0. The number of rotatable bonds is 3. The average molecular weight is 324 g/mol. The number of piperidine rings is 1. The van der Waals surface area contributed by atoms with E-state index in [2.05, 4.69) is 26.3 Å². The van der Waals surface area contributed by atoms with Gasteiger partial charge in [-0.1, -0.05) is 0 Å². The van der Waals surface area contributed by atoms with Crippen LogP contribution in [-0.2, 0) is 0 Å². The van der Waals surface area contributed by atoms with Gasteiger partial charge in [0.2, 0.25) is 0 Å². The fourth-order valence-electron chi connectivity index (χ4n) is 3.16. The van der Waals surface area contributed by atoms with Gasteiger partial charge < -0.3 is 15.2 Å². The number of hydrogen-bond acceptors (Lipinski definition) is 6. The van der Waals surface area contributed by atoms with Crippen LogP contribution in [0.2, 0.25) is 0 Å². The number of hydrogen-bond donors (Lipinski definition) is 2. The van der Waals surface area contributed by atoms with E-state index in [1.54, 1.807) is 6.20 Å². The first kappa shape index (κ1) is 16.0. The van der Waals surface area contributed by atoms with Crippen molar-refractivity contribution in [3.63, 3.8) is 0 Å². The Labute approximate surface area is 140 Å². The second-order valence-corrected chi connectivity index (χ2v) is 6.05. The summed E-state index contributed by atoms with van der Waals surface area (Å²) >= 11 is 0. The van der Waals surface area contributed by atoms with E-state index >= 15 is 0 Å². The number of anilines is 2. The van der Waals surface area contributed by atoms with Crippen LogP contribution in [0.5, 0.6) is 0 Å². The normalized spacial score (nSPS) is 17.4. The minimum atomic E-state index is -0.175. The van der Waals surface area contributed by atoms with Gasteiger partial charge in [0, 0.05) is 37.2 Å². The molecule has 2 N–H and O–H groups in total. The Morgan fingerprint density at radius 2 is 2.29 bits per heavy atom. The van der Waals surface area contributed by atoms with Gasteiger partial charge in [0.25, 0.3) is 5.56 Å². The van der Waals surface area contributed by atoms with E-state index in [4.69, 9.17) is 0 Å². The number of nitriles is 1. The lowest BCUT2D eigenvalue weighted by molar-refractivity contribution is 0.525. The van der Waals surface area contributed by atoms with Crippen molar-refractivity contribution in [3.8, 4) is 6.07 Å². The summed E-state index contributed by atoms with van der Waals surface area (Å²) in [5.74, 6) is 0.451. The van der Waals surface area contributed by atoms with Crippen LogP contribution in [0.25, 0.3) is 0 Å². The monoisotopic (exact) mass is 324 g/mol. The molecule has 0 bridgehead atoms. The smallest absolute Gasteiger partial charge is 0.290 e. The van der Waals surface area contributed by atoms with Gasteiger partial charge in [0.1, 0.15) is 6.07 Å². The Hall–Kier alpha value is -2.88. The zero-order chi connectivity index (χ0) is 17.1. The molecule has 0 radical (unpaired) electrons. The van der Waals surface area contributed by atoms with Crippen LogP contribution >= 0.6 is 0 Å². The zero-order valence-electron chi connectivity index (χ0n) is 13.8. The van der Waals surface area contributed by atoms with Crippen molar-refractivity contribution >= 4 is 11.5 Å². The van der Waals surface area contributed by atoms with Gasteiger partial charge >= 0.3 is 0 Å². The molecule has 124 valence electrons. The number of nitrogens with zero attached hydrogens (tertiary/aromatic N) is 4. The lowest BCUT2D eigenvalue weighted by Crippen LogP contribution is -2.44. The first-order chi connectivity index (χ1) is 11.6. The van der Waals surface area contributed by atoms with E-state index in [0.29, 0.717) is 17.9 Å². The molecule has 1 fully saturated rings. The van der Waals surface area contributed by atoms with Gasteiger partial charge in [-0.25, -0.2) is 4.98 Å². The van der Waals surface area contributed by atoms with E-state index in [9.17, 15) is 10.1 Å². The van der Waals surface area contributed by atoms with Gasteiger partial charge in [-0.15, -0.1) is 0 Å². The summed E-state index contributed by atoms with van der Waals surface area (Å²) in [4.78, 5) is 25.1. The number of H-pyrrole nitrogens is 1. The molecule has 2 aromatic heterocycles. The lowest BCUT2D eigenvalue weighted by Gasteiger charge is -2.34. The third-order valence-corrected chi connectivity index (χ3v) is 4.21. The summed E-state index contributed by atoms with van der Waals surface area (Å²) in [5, 5.41) is 12.8. The molecular formula is C17H20N6O. The maximum atomic E-state index is 11.9. The van der Waals surface area contributed by atoms with Gasteiger partial charge in [-0.05, 0) is 32.8 Å². The van der Waals surface area contributed by atoms with Crippen molar-refractivity contribution in [1.82, 2.24) is 15.0 Å². The second-order valence-electron chi connectivity index (χ2n) is 6.05. The van der Waals surface area contributed by atoms with Crippen LogP contribution < -0.4 is 15.8 Å². The molecule has 0 unspecified atom stereocenters. The SMILES string of the molecule is Cc1cc(N[C@@H]2CCCN(c3ncc[nH]c3=O)C2)c(C#N)c(C)n1. The first-order valence-electron chi connectivity index (χ1n) is 8.02. The van der Waals surface area contributed by atoms with Crippen LogP contribution in [0.4, 0.5) is 11.5 Å². The molecule has 1 atom stereocenters. The Morgan fingerprint density at radius 3 is 3.04 bits per heavy atom. The predicted octanol–water partition coefficient (Wildman–Crippen LogP) is 1.73. The van der Waals surface area contributed by atoms with Gasteiger partial charge in [0.05, 0.1) is 16.9 Å². The van der Waals surface area contributed by atoms with Gasteiger partial charge in [0.15, 0.2) is 5.82 Å². The Morgan fingerprint density at radius 1 is 1.46 bits per heavy atom. The van der Waals surface area contributed by atoms with Crippen LogP contribution in [0.15, 0.2) is 23.3 Å². The highest BCUT2D eigenvalue weighted by Gasteiger charge is 2.23. The number of aromatic nitrogens is 3. The highest BCUT2D eigenvalue weighted by molar-refractivity contribution is 5.60. The van der Waals surface area contributed by atoms with Crippen LogP contribution in [-0.4, -0.2) is 34.1 Å². The molecule has 1 aliphatic rings. The predicted molar refractivity (Wildman–Crippen MR) is 92.1 cm³/mol. The van der Waals surface area contributed by atoms with E-state index in [1.165, 1.54) is 6.20 Å². The third kappa shape index (κ3) is 3.23. The van der Waals surface area contributed by atoms with Crippen molar-refractivity contribution in [1.29, 1.82) is 5.26 Å². The molecule has 3 heterocycles. The number of aryl methyl sites for hydroxylation is 2. The fourth-order valence-corrected chi connectivity index (χ4v) is 3.16. The summed E-state index contributed by atoms with van der Waals surface area (Å²) in [5.41, 5.74) is 2.82. The highest BCUT2D eigenvalue weighted by Crippen LogP contribution is 2.23. The highest BCUT2D eigenvalue weighted by atomic mass is 16.1. The largest absolute Gasteiger partial charge is 0.379 e. The molecule has 0 spiro atoms. The third-order valence-electron chi connectivity index (χ3n) is 4.21. The van der Waals surface area contributed by atoms with E-state index < -0.39 is 0 Å². The molecule has 24 heavy (non-hydrogen) atoms. The Bertz CT molecular complexity index is 838. The summed E-state index contributed by atoms with van der Waals surface area (Å²) in [6, 6.07) is 4.27. The average Bonchev–Trinajstić information content (AvgIpc) is 2.55. The van der Waals surface area contributed by atoms with Crippen molar-refractivity contribution in [2.24, 2.45) is 0 Å². The summed E-state index contributed by atoms with van der Waals surface area (Å²) in [6.07, 6.45) is 5.06. The number of nitrogens with one attached hydrogen (secondary N) is 2. The summed E-state index contributed by atoms with van der Waals surface area (Å²) in [6.45, 7) is 5.24. The number of pyridine rings is 1. The maximum Gasteiger partial charge on any atom is 0.290 e. The van der Waals surface area contributed by atoms with Crippen molar-refractivity contribution in [3.05, 3.63) is 45.8 Å². The topological polar surface area (TPSA) is 97.7 Å². The number of aromatic amines is 1. The fraction of sp³-hybridized carbons (Fsp3) is 0.412. The molecule has 0 amide bonds.